The van der Waals surface area contributed by atoms with Gasteiger partial charge in [-0.05, 0) is 59.4 Å². The SMILES string of the molecule is CCC(C)(C)c1ccc(OCCCC(=O)N/N=C/c2ccc(NC(C)=O)cc2)c(C(C)(C)CC)c1. The largest absolute Gasteiger partial charge is 0.493 e. The number of hydrogen-bond donors (Lipinski definition) is 2. The normalized spacial score (nSPS) is 12.0. The molecule has 0 aliphatic carbocycles. The summed E-state index contributed by atoms with van der Waals surface area (Å²) in [5.74, 6) is 0.618. The molecule has 0 aliphatic rings. The van der Waals surface area contributed by atoms with E-state index >= 15 is 0 Å². The van der Waals surface area contributed by atoms with Crippen LogP contribution in [0.15, 0.2) is 47.6 Å². The van der Waals surface area contributed by atoms with Crippen molar-refractivity contribution in [2.75, 3.05) is 11.9 Å². The maximum atomic E-state index is 12.2. The van der Waals surface area contributed by atoms with Gasteiger partial charge in [0, 0.05) is 24.6 Å². The summed E-state index contributed by atoms with van der Waals surface area (Å²) in [6.07, 6.45) is 4.58. The van der Waals surface area contributed by atoms with Crippen molar-refractivity contribution >= 4 is 23.7 Å². The minimum absolute atomic E-state index is 0.00158. The third-order valence-electron chi connectivity index (χ3n) is 6.70. The second-order valence-corrected chi connectivity index (χ2v) is 10.2. The highest BCUT2D eigenvalue weighted by molar-refractivity contribution is 5.89. The fraction of sp³-hybridized carbons (Fsp3) is 0.483. The maximum Gasteiger partial charge on any atom is 0.240 e. The van der Waals surface area contributed by atoms with E-state index in [1.165, 1.54) is 18.1 Å². The van der Waals surface area contributed by atoms with Crippen LogP contribution in [0.4, 0.5) is 5.69 Å². The number of ether oxygens (including phenoxy) is 1. The molecule has 6 heteroatoms. The molecule has 0 bridgehead atoms. The van der Waals surface area contributed by atoms with Crippen molar-refractivity contribution < 1.29 is 14.3 Å². The van der Waals surface area contributed by atoms with Gasteiger partial charge in [-0.15, -0.1) is 0 Å². The average molecular weight is 480 g/mol. The number of carbonyl (C=O) groups is 2. The van der Waals surface area contributed by atoms with E-state index in [9.17, 15) is 9.59 Å². The first kappa shape index (κ1) is 28.1. The van der Waals surface area contributed by atoms with Crippen molar-refractivity contribution in [3.8, 4) is 5.75 Å². The molecule has 0 radical (unpaired) electrons. The molecule has 0 saturated carbocycles. The molecule has 0 fully saturated rings. The summed E-state index contributed by atoms with van der Waals surface area (Å²) in [7, 11) is 0. The Labute approximate surface area is 210 Å². The third-order valence-corrected chi connectivity index (χ3v) is 6.70. The quantitative estimate of drug-likeness (QED) is 0.212. The molecular formula is C29H41N3O3. The minimum Gasteiger partial charge on any atom is -0.493 e. The first-order chi connectivity index (χ1) is 16.5. The fourth-order valence-electron chi connectivity index (χ4n) is 3.51. The Balaban J connectivity index is 1.88. The summed E-state index contributed by atoms with van der Waals surface area (Å²) in [5, 5.41) is 6.72. The molecule has 0 saturated heterocycles. The Hall–Kier alpha value is -3.15. The fourth-order valence-corrected chi connectivity index (χ4v) is 3.51. The zero-order chi connectivity index (χ0) is 26.1. The van der Waals surface area contributed by atoms with Crippen molar-refractivity contribution in [2.24, 2.45) is 5.10 Å². The molecule has 0 aliphatic heterocycles. The van der Waals surface area contributed by atoms with Gasteiger partial charge < -0.3 is 10.1 Å². The lowest BCUT2D eigenvalue weighted by Gasteiger charge is -2.30. The standard InChI is InChI=1S/C29H41N3O3/c1-8-28(4,5)23-14-17-26(25(19-23)29(6,7)9-2)35-18-10-11-27(34)32-30-20-22-12-15-24(16-13-22)31-21(3)33/h12-17,19-20H,8-11,18H2,1-7H3,(H,31,33)(H,32,34)/b30-20+. The Morgan fingerprint density at radius 3 is 2.23 bits per heavy atom. The number of benzene rings is 2. The summed E-state index contributed by atoms with van der Waals surface area (Å²) in [4.78, 5) is 23.2. The number of nitrogens with zero attached hydrogens (tertiary/aromatic N) is 1. The predicted molar refractivity (Wildman–Crippen MR) is 144 cm³/mol. The van der Waals surface area contributed by atoms with Gasteiger partial charge in [0.05, 0.1) is 12.8 Å². The Morgan fingerprint density at radius 1 is 0.971 bits per heavy atom. The highest BCUT2D eigenvalue weighted by Gasteiger charge is 2.26. The highest BCUT2D eigenvalue weighted by Crippen LogP contribution is 2.38. The number of rotatable bonds is 12. The monoisotopic (exact) mass is 479 g/mol. The van der Waals surface area contributed by atoms with Gasteiger partial charge in [0.15, 0.2) is 0 Å². The van der Waals surface area contributed by atoms with Crippen molar-refractivity contribution in [1.29, 1.82) is 0 Å². The van der Waals surface area contributed by atoms with Crippen LogP contribution in [0, 0.1) is 0 Å². The van der Waals surface area contributed by atoms with Crippen LogP contribution in [0.5, 0.6) is 5.75 Å². The van der Waals surface area contributed by atoms with E-state index in [-0.39, 0.29) is 22.6 Å². The predicted octanol–water partition coefficient (Wildman–Crippen LogP) is 6.33. The lowest BCUT2D eigenvalue weighted by Crippen LogP contribution is -2.21. The number of carbonyl (C=O) groups excluding carboxylic acids is 2. The summed E-state index contributed by atoms with van der Waals surface area (Å²) >= 11 is 0. The van der Waals surface area contributed by atoms with Gasteiger partial charge in [-0.2, -0.15) is 5.10 Å². The van der Waals surface area contributed by atoms with Gasteiger partial charge >= 0.3 is 0 Å². The van der Waals surface area contributed by atoms with E-state index in [4.69, 9.17) is 4.74 Å². The summed E-state index contributed by atoms with van der Waals surface area (Å²) in [5.41, 5.74) is 6.76. The van der Waals surface area contributed by atoms with E-state index in [2.05, 4.69) is 75.6 Å². The Morgan fingerprint density at radius 2 is 1.63 bits per heavy atom. The second kappa shape index (κ2) is 12.5. The molecule has 0 spiro atoms. The van der Waals surface area contributed by atoms with Crippen LogP contribution in [0.2, 0.25) is 0 Å². The third kappa shape index (κ3) is 8.53. The van der Waals surface area contributed by atoms with Gasteiger partial charge in [0.25, 0.3) is 0 Å². The average Bonchev–Trinajstić information content (AvgIpc) is 2.82. The number of nitrogens with one attached hydrogen (secondary N) is 2. The van der Waals surface area contributed by atoms with Crippen LogP contribution < -0.4 is 15.5 Å². The lowest BCUT2D eigenvalue weighted by molar-refractivity contribution is -0.121. The van der Waals surface area contributed by atoms with Crippen LogP contribution in [-0.2, 0) is 20.4 Å². The molecule has 2 aromatic rings. The molecule has 190 valence electrons. The number of hydrazone groups is 1. The Kier molecular flexibility index (Phi) is 10.1. The Bertz CT molecular complexity index is 1020. The van der Waals surface area contributed by atoms with Gasteiger partial charge in [-0.25, -0.2) is 5.43 Å². The minimum atomic E-state index is -0.158. The molecule has 2 aromatic carbocycles. The van der Waals surface area contributed by atoms with Crippen LogP contribution in [0.3, 0.4) is 0 Å². The van der Waals surface area contributed by atoms with Crippen LogP contribution in [0.25, 0.3) is 0 Å². The van der Waals surface area contributed by atoms with Crippen LogP contribution >= 0.6 is 0 Å². The summed E-state index contributed by atoms with van der Waals surface area (Å²) in [6, 6.07) is 13.7. The summed E-state index contributed by atoms with van der Waals surface area (Å²) < 4.78 is 6.14. The molecule has 0 heterocycles. The highest BCUT2D eigenvalue weighted by atomic mass is 16.5. The smallest absolute Gasteiger partial charge is 0.240 e. The molecule has 6 nitrogen and oxygen atoms in total. The first-order valence-corrected chi connectivity index (χ1v) is 12.5. The molecule has 2 amide bonds. The molecule has 2 rings (SSSR count). The van der Waals surface area contributed by atoms with Crippen LogP contribution in [-0.4, -0.2) is 24.6 Å². The number of amides is 2. The molecule has 0 aromatic heterocycles. The zero-order valence-electron chi connectivity index (χ0n) is 22.3. The second-order valence-electron chi connectivity index (χ2n) is 10.2. The van der Waals surface area contributed by atoms with E-state index in [0.29, 0.717) is 25.1 Å². The van der Waals surface area contributed by atoms with E-state index in [1.807, 2.05) is 12.1 Å². The van der Waals surface area contributed by atoms with E-state index in [0.717, 1.165) is 24.2 Å². The number of anilines is 1. The molecule has 0 atom stereocenters. The number of hydrogen-bond acceptors (Lipinski definition) is 4. The van der Waals surface area contributed by atoms with Gasteiger partial charge in [-0.1, -0.05) is 65.8 Å². The van der Waals surface area contributed by atoms with Gasteiger partial charge in [0.2, 0.25) is 11.8 Å². The van der Waals surface area contributed by atoms with Crippen molar-refractivity contribution in [2.45, 2.75) is 85.0 Å². The van der Waals surface area contributed by atoms with Crippen molar-refractivity contribution in [3.05, 3.63) is 59.2 Å². The van der Waals surface area contributed by atoms with Crippen molar-refractivity contribution in [3.63, 3.8) is 0 Å². The zero-order valence-corrected chi connectivity index (χ0v) is 22.3. The summed E-state index contributed by atoms with van der Waals surface area (Å²) in [6.45, 7) is 15.4. The van der Waals surface area contributed by atoms with Gasteiger partial charge in [0.1, 0.15) is 5.75 Å². The topological polar surface area (TPSA) is 79.8 Å². The molecular weight excluding hydrogens is 438 g/mol. The van der Waals surface area contributed by atoms with Gasteiger partial charge in [-0.3, -0.25) is 9.59 Å². The van der Waals surface area contributed by atoms with E-state index < -0.39 is 0 Å². The van der Waals surface area contributed by atoms with E-state index in [1.54, 1.807) is 18.3 Å². The van der Waals surface area contributed by atoms with Crippen LogP contribution in [0.1, 0.15) is 90.8 Å². The maximum absolute atomic E-state index is 12.2. The molecule has 2 N–H and O–H groups in total. The lowest BCUT2D eigenvalue weighted by atomic mass is 9.76. The first-order valence-electron chi connectivity index (χ1n) is 12.5. The molecule has 0 unspecified atom stereocenters. The van der Waals surface area contributed by atoms with Crippen molar-refractivity contribution in [1.82, 2.24) is 5.43 Å². The molecule has 35 heavy (non-hydrogen) atoms.